The SMILES string of the molecule is CCCC(Nc1noc2ccc(Br)cc12)C(=O)O. The zero-order valence-electron chi connectivity index (χ0n) is 9.81. The number of nitrogens with zero attached hydrogens (tertiary/aromatic N) is 1. The average Bonchev–Trinajstić information content (AvgIpc) is 2.71. The molecule has 0 saturated carbocycles. The molecule has 1 atom stereocenters. The number of aliphatic carboxylic acids is 1. The molecule has 5 nitrogen and oxygen atoms in total. The van der Waals surface area contributed by atoms with Crippen molar-refractivity contribution < 1.29 is 14.4 Å². The minimum Gasteiger partial charge on any atom is -0.480 e. The minimum atomic E-state index is -0.886. The Morgan fingerprint density at radius 2 is 2.39 bits per heavy atom. The molecule has 2 N–H and O–H groups in total. The van der Waals surface area contributed by atoms with Crippen LogP contribution in [-0.4, -0.2) is 22.3 Å². The number of hydrogen-bond donors (Lipinski definition) is 2. The Kier molecular flexibility index (Phi) is 3.86. The maximum absolute atomic E-state index is 11.1. The Bertz CT molecular complexity index is 567. The van der Waals surface area contributed by atoms with Gasteiger partial charge in [0.15, 0.2) is 11.4 Å². The van der Waals surface area contributed by atoms with Crippen molar-refractivity contribution in [1.82, 2.24) is 5.16 Å². The number of rotatable bonds is 5. The third-order valence-electron chi connectivity index (χ3n) is 2.62. The number of carbonyl (C=O) groups is 1. The number of fused-ring (bicyclic) bond motifs is 1. The second-order valence-electron chi connectivity index (χ2n) is 4.00. The van der Waals surface area contributed by atoms with Crippen LogP contribution >= 0.6 is 15.9 Å². The summed E-state index contributed by atoms with van der Waals surface area (Å²) >= 11 is 3.36. The Morgan fingerprint density at radius 3 is 3.06 bits per heavy atom. The van der Waals surface area contributed by atoms with Crippen molar-refractivity contribution >= 4 is 38.7 Å². The monoisotopic (exact) mass is 312 g/mol. The van der Waals surface area contributed by atoms with Crippen LogP contribution < -0.4 is 5.32 Å². The lowest BCUT2D eigenvalue weighted by Gasteiger charge is -2.12. The Balaban J connectivity index is 2.30. The Morgan fingerprint density at radius 1 is 1.61 bits per heavy atom. The molecule has 2 rings (SSSR count). The van der Waals surface area contributed by atoms with Crippen LogP contribution in [-0.2, 0) is 4.79 Å². The molecule has 0 spiro atoms. The van der Waals surface area contributed by atoms with E-state index in [0.717, 1.165) is 16.3 Å². The van der Waals surface area contributed by atoms with Gasteiger partial charge in [0.25, 0.3) is 0 Å². The maximum atomic E-state index is 11.1. The predicted octanol–water partition coefficient (Wildman–Crippen LogP) is 3.26. The number of hydrogen-bond acceptors (Lipinski definition) is 4. The first-order chi connectivity index (χ1) is 8.61. The summed E-state index contributed by atoms with van der Waals surface area (Å²) in [7, 11) is 0. The zero-order chi connectivity index (χ0) is 13.1. The molecule has 0 amide bonds. The number of carboxylic acid groups (broad SMARTS) is 1. The molecule has 0 fully saturated rings. The van der Waals surface area contributed by atoms with Gasteiger partial charge >= 0.3 is 5.97 Å². The standard InChI is InChI=1S/C12H13BrN2O3/c1-2-3-9(12(16)17)14-11-8-6-7(13)4-5-10(8)18-15-11/h4-6,9H,2-3H2,1H3,(H,14,15)(H,16,17). The van der Waals surface area contributed by atoms with Gasteiger partial charge in [0, 0.05) is 4.47 Å². The van der Waals surface area contributed by atoms with Gasteiger partial charge in [-0.15, -0.1) is 0 Å². The molecular formula is C12H13BrN2O3. The van der Waals surface area contributed by atoms with Gasteiger partial charge in [0.2, 0.25) is 0 Å². The average molecular weight is 313 g/mol. The highest BCUT2D eigenvalue weighted by molar-refractivity contribution is 9.10. The molecule has 1 heterocycles. The molecule has 0 aliphatic heterocycles. The van der Waals surface area contributed by atoms with Crippen molar-refractivity contribution in [2.24, 2.45) is 0 Å². The van der Waals surface area contributed by atoms with E-state index in [0.29, 0.717) is 17.8 Å². The van der Waals surface area contributed by atoms with E-state index in [1.165, 1.54) is 0 Å². The number of halogens is 1. The number of anilines is 1. The lowest BCUT2D eigenvalue weighted by atomic mass is 10.1. The van der Waals surface area contributed by atoms with Crippen molar-refractivity contribution in [3.05, 3.63) is 22.7 Å². The summed E-state index contributed by atoms with van der Waals surface area (Å²) in [6, 6.07) is 4.83. The molecule has 18 heavy (non-hydrogen) atoms. The molecule has 0 aliphatic rings. The fraction of sp³-hybridized carbons (Fsp3) is 0.333. The number of nitrogens with one attached hydrogen (secondary N) is 1. The fourth-order valence-corrected chi connectivity index (χ4v) is 2.09. The quantitative estimate of drug-likeness (QED) is 0.886. The Labute approximate surface area is 112 Å². The largest absolute Gasteiger partial charge is 0.480 e. The van der Waals surface area contributed by atoms with E-state index in [4.69, 9.17) is 9.63 Å². The fourth-order valence-electron chi connectivity index (χ4n) is 1.73. The van der Waals surface area contributed by atoms with Crippen LogP contribution in [0.2, 0.25) is 0 Å². The van der Waals surface area contributed by atoms with Gasteiger partial charge in [0.1, 0.15) is 6.04 Å². The molecule has 96 valence electrons. The van der Waals surface area contributed by atoms with Crippen LogP contribution in [0, 0.1) is 0 Å². The summed E-state index contributed by atoms with van der Waals surface area (Å²) in [6.07, 6.45) is 1.32. The summed E-state index contributed by atoms with van der Waals surface area (Å²) in [5.74, 6) is -0.421. The van der Waals surface area contributed by atoms with Gasteiger partial charge in [-0.3, -0.25) is 0 Å². The van der Waals surface area contributed by atoms with Crippen molar-refractivity contribution in [3.8, 4) is 0 Å². The number of carboxylic acids is 1. The van der Waals surface area contributed by atoms with Crippen LogP contribution in [0.25, 0.3) is 11.0 Å². The van der Waals surface area contributed by atoms with Crippen LogP contribution in [0.15, 0.2) is 27.2 Å². The smallest absolute Gasteiger partial charge is 0.326 e. The van der Waals surface area contributed by atoms with E-state index in [9.17, 15) is 4.79 Å². The third kappa shape index (κ3) is 2.64. The molecule has 1 aromatic carbocycles. The number of aromatic nitrogens is 1. The van der Waals surface area contributed by atoms with Gasteiger partial charge in [-0.2, -0.15) is 0 Å². The normalized spacial score (nSPS) is 12.6. The summed E-state index contributed by atoms with van der Waals surface area (Å²) in [5.41, 5.74) is 0.626. The second-order valence-corrected chi connectivity index (χ2v) is 4.91. The van der Waals surface area contributed by atoms with E-state index in [1.807, 2.05) is 19.1 Å². The highest BCUT2D eigenvalue weighted by atomic mass is 79.9. The molecule has 1 aromatic heterocycles. The molecule has 2 aromatic rings. The molecule has 0 radical (unpaired) electrons. The molecule has 0 saturated heterocycles. The van der Waals surface area contributed by atoms with Gasteiger partial charge in [0.05, 0.1) is 5.39 Å². The van der Waals surface area contributed by atoms with Crippen molar-refractivity contribution in [3.63, 3.8) is 0 Å². The molecular weight excluding hydrogens is 300 g/mol. The van der Waals surface area contributed by atoms with E-state index in [1.54, 1.807) is 6.07 Å². The van der Waals surface area contributed by atoms with E-state index >= 15 is 0 Å². The topological polar surface area (TPSA) is 75.4 Å². The molecule has 0 bridgehead atoms. The number of benzene rings is 1. The first-order valence-electron chi connectivity index (χ1n) is 5.66. The van der Waals surface area contributed by atoms with Crippen molar-refractivity contribution in [2.45, 2.75) is 25.8 Å². The highest BCUT2D eigenvalue weighted by Crippen LogP contribution is 2.26. The third-order valence-corrected chi connectivity index (χ3v) is 3.11. The molecule has 1 unspecified atom stereocenters. The first-order valence-corrected chi connectivity index (χ1v) is 6.45. The summed E-state index contributed by atoms with van der Waals surface area (Å²) in [6.45, 7) is 1.94. The van der Waals surface area contributed by atoms with Gasteiger partial charge in [-0.1, -0.05) is 34.4 Å². The van der Waals surface area contributed by atoms with Crippen molar-refractivity contribution in [1.29, 1.82) is 0 Å². The van der Waals surface area contributed by atoms with Crippen LogP contribution in [0.1, 0.15) is 19.8 Å². The zero-order valence-corrected chi connectivity index (χ0v) is 11.4. The highest BCUT2D eigenvalue weighted by Gasteiger charge is 2.19. The second kappa shape index (κ2) is 5.39. The van der Waals surface area contributed by atoms with Crippen LogP contribution in [0.4, 0.5) is 5.82 Å². The van der Waals surface area contributed by atoms with Gasteiger partial charge < -0.3 is 14.9 Å². The summed E-state index contributed by atoms with van der Waals surface area (Å²) in [4.78, 5) is 11.1. The van der Waals surface area contributed by atoms with Crippen LogP contribution in [0.5, 0.6) is 0 Å². The lowest BCUT2D eigenvalue weighted by molar-refractivity contribution is -0.138. The van der Waals surface area contributed by atoms with E-state index in [-0.39, 0.29) is 0 Å². The summed E-state index contributed by atoms with van der Waals surface area (Å²) < 4.78 is 6.03. The predicted molar refractivity (Wildman–Crippen MR) is 71.7 cm³/mol. The maximum Gasteiger partial charge on any atom is 0.326 e. The molecule has 0 aliphatic carbocycles. The minimum absolute atomic E-state index is 0.465. The van der Waals surface area contributed by atoms with Crippen molar-refractivity contribution in [2.75, 3.05) is 5.32 Å². The first kappa shape index (κ1) is 12.9. The van der Waals surface area contributed by atoms with Crippen LogP contribution in [0.3, 0.4) is 0 Å². The molecule has 6 heteroatoms. The van der Waals surface area contributed by atoms with E-state index < -0.39 is 12.0 Å². The van der Waals surface area contributed by atoms with E-state index in [2.05, 4.69) is 26.4 Å². The van der Waals surface area contributed by atoms with Gasteiger partial charge in [-0.25, -0.2) is 4.79 Å². The Hall–Kier alpha value is -1.56. The summed E-state index contributed by atoms with van der Waals surface area (Å²) in [5, 5.41) is 16.6. The lowest BCUT2D eigenvalue weighted by Crippen LogP contribution is -2.29. The van der Waals surface area contributed by atoms with Gasteiger partial charge in [-0.05, 0) is 24.6 Å².